The predicted octanol–water partition coefficient (Wildman–Crippen LogP) is 6.10. The SMILES string of the molecule is COc1cccc(F)c1-c1c(Cl)cc2c(N3CCN(C(=O)OC(C)(C)C)[C@H](C)C3)nc(CN(C)Cc3ncccn3)nc2c1F. The molecule has 1 aliphatic heterocycles. The van der Waals surface area contributed by atoms with Crippen molar-refractivity contribution in [2.24, 2.45) is 0 Å². The molecule has 45 heavy (non-hydrogen) atoms. The van der Waals surface area contributed by atoms with Crippen molar-refractivity contribution in [2.45, 2.75) is 52.4 Å². The van der Waals surface area contributed by atoms with Crippen LogP contribution >= 0.6 is 11.6 Å². The van der Waals surface area contributed by atoms with E-state index in [1.807, 2.05) is 44.5 Å². The van der Waals surface area contributed by atoms with Crippen LogP contribution in [0.15, 0.2) is 42.7 Å². The molecule has 1 atom stereocenters. The molecule has 1 fully saturated rings. The highest BCUT2D eigenvalue weighted by molar-refractivity contribution is 6.34. The number of hydrogen-bond acceptors (Lipinski definition) is 9. The van der Waals surface area contributed by atoms with Crippen molar-refractivity contribution < 1.29 is 23.0 Å². The molecule has 2 aromatic carbocycles. The first-order chi connectivity index (χ1) is 21.4. The molecule has 3 heterocycles. The third-order valence-corrected chi connectivity index (χ3v) is 7.65. The number of methoxy groups -OCH3 is 1. The van der Waals surface area contributed by atoms with Crippen LogP contribution in [0.4, 0.5) is 19.4 Å². The summed E-state index contributed by atoms with van der Waals surface area (Å²) in [6.45, 7) is 9.22. The Morgan fingerprint density at radius 2 is 1.78 bits per heavy atom. The summed E-state index contributed by atoms with van der Waals surface area (Å²) in [4.78, 5) is 36.5. The summed E-state index contributed by atoms with van der Waals surface area (Å²) in [6.07, 6.45) is 2.93. The Morgan fingerprint density at radius 3 is 2.44 bits per heavy atom. The Labute approximate surface area is 266 Å². The number of benzene rings is 2. The molecule has 0 aliphatic carbocycles. The van der Waals surface area contributed by atoms with Crippen molar-refractivity contribution in [3.05, 3.63) is 71.0 Å². The molecular weight excluding hydrogens is 604 g/mol. The van der Waals surface area contributed by atoms with Crippen LogP contribution in [-0.2, 0) is 17.8 Å². The molecule has 1 saturated heterocycles. The van der Waals surface area contributed by atoms with Crippen LogP contribution in [0.1, 0.15) is 39.3 Å². The molecule has 1 aliphatic rings. The molecule has 0 unspecified atom stereocenters. The molecule has 4 aromatic rings. The van der Waals surface area contributed by atoms with Gasteiger partial charge in [-0.15, -0.1) is 0 Å². The number of fused-ring (bicyclic) bond motifs is 1. The molecule has 0 bridgehead atoms. The number of amides is 1. The molecule has 0 N–H and O–H groups in total. The van der Waals surface area contributed by atoms with Crippen molar-refractivity contribution in [3.8, 4) is 16.9 Å². The van der Waals surface area contributed by atoms with Gasteiger partial charge in [0, 0.05) is 49.0 Å². The van der Waals surface area contributed by atoms with Gasteiger partial charge in [0.25, 0.3) is 0 Å². The Bertz CT molecular complexity index is 1700. The van der Waals surface area contributed by atoms with E-state index in [-0.39, 0.29) is 40.0 Å². The second-order valence-electron chi connectivity index (χ2n) is 12.0. The van der Waals surface area contributed by atoms with Crippen LogP contribution in [-0.4, -0.2) is 81.3 Å². The van der Waals surface area contributed by atoms with Gasteiger partial charge in [0.2, 0.25) is 0 Å². The number of ether oxygens (including phenoxy) is 2. The molecular formula is C32H36ClF2N7O3. The van der Waals surface area contributed by atoms with Crippen LogP contribution in [0.25, 0.3) is 22.0 Å². The van der Waals surface area contributed by atoms with Crippen LogP contribution in [0.2, 0.25) is 5.02 Å². The van der Waals surface area contributed by atoms with E-state index in [9.17, 15) is 4.79 Å². The van der Waals surface area contributed by atoms with E-state index in [1.54, 1.807) is 35.5 Å². The summed E-state index contributed by atoms with van der Waals surface area (Å²) >= 11 is 6.70. The van der Waals surface area contributed by atoms with Gasteiger partial charge < -0.3 is 19.3 Å². The number of hydrogen-bond donors (Lipinski definition) is 0. The number of carbonyl (C=O) groups is 1. The van der Waals surface area contributed by atoms with Gasteiger partial charge in [-0.05, 0) is 59.0 Å². The first-order valence-electron chi connectivity index (χ1n) is 14.6. The van der Waals surface area contributed by atoms with E-state index in [4.69, 9.17) is 26.1 Å². The van der Waals surface area contributed by atoms with E-state index in [1.165, 1.54) is 19.2 Å². The second kappa shape index (κ2) is 13.1. The molecule has 10 nitrogen and oxygen atoms in total. The standard InChI is InChI=1S/C32H36ClF2N7O3/c1-19-16-41(13-14-42(19)31(43)45-32(2,3)4)30-20-15-21(33)26(27-22(34)9-7-10-23(27)44-6)28(35)29(20)38-25(39-30)18-40(5)17-24-36-11-8-12-37-24/h7-12,15,19H,13-14,16-18H2,1-6H3/t19-/m1/s1. The Morgan fingerprint density at radius 1 is 1.07 bits per heavy atom. The molecule has 0 radical (unpaired) electrons. The number of piperazine rings is 1. The zero-order valence-corrected chi connectivity index (χ0v) is 26.9. The monoisotopic (exact) mass is 639 g/mol. The number of carbonyl (C=O) groups excluding carboxylic acids is 1. The number of halogens is 3. The van der Waals surface area contributed by atoms with Gasteiger partial charge in [-0.2, -0.15) is 0 Å². The fourth-order valence-corrected chi connectivity index (χ4v) is 5.66. The largest absolute Gasteiger partial charge is 0.496 e. The van der Waals surface area contributed by atoms with Crippen molar-refractivity contribution in [1.82, 2.24) is 29.7 Å². The zero-order valence-electron chi connectivity index (χ0n) is 26.1. The average Bonchev–Trinajstić information content (AvgIpc) is 2.97. The first kappa shape index (κ1) is 32.2. The van der Waals surface area contributed by atoms with Crippen molar-refractivity contribution in [1.29, 1.82) is 0 Å². The first-order valence-corrected chi connectivity index (χ1v) is 14.9. The van der Waals surface area contributed by atoms with Gasteiger partial charge in [0.15, 0.2) is 5.82 Å². The molecule has 13 heteroatoms. The summed E-state index contributed by atoms with van der Waals surface area (Å²) in [6, 6.07) is 7.31. The lowest BCUT2D eigenvalue weighted by Crippen LogP contribution is -2.55. The van der Waals surface area contributed by atoms with Crippen molar-refractivity contribution in [2.75, 3.05) is 38.7 Å². The maximum absolute atomic E-state index is 16.6. The quantitative estimate of drug-likeness (QED) is 0.237. The van der Waals surface area contributed by atoms with Gasteiger partial charge in [-0.3, -0.25) is 4.90 Å². The Kier molecular flexibility index (Phi) is 9.36. The molecule has 2 aromatic heterocycles. The summed E-state index contributed by atoms with van der Waals surface area (Å²) in [5, 5.41) is 0.354. The minimum atomic E-state index is -0.791. The van der Waals surface area contributed by atoms with Gasteiger partial charge in [0.1, 0.15) is 40.2 Å². The minimum Gasteiger partial charge on any atom is -0.496 e. The highest BCUT2D eigenvalue weighted by Crippen LogP contribution is 2.42. The van der Waals surface area contributed by atoms with Gasteiger partial charge in [-0.1, -0.05) is 17.7 Å². The highest BCUT2D eigenvalue weighted by atomic mass is 35.5. The molecule has 0 spiro atoms. The summed E-state index contributed by atoms with van der Waals surface area (Å²) in [5.41, 5.74) is -0.880. The fraction of sp³-hybridized carbons (Fsp3) is 0.406. The van der Waals surface area contributed by atoms with Crippen molar-refractivity contribution in [3.63, 3.8) is 0 Å². The lowest BCUT2D eigenvalue weighted by atomic mass is 10.0. The van der Waals surface area contributed by atoms with E-state index >= 15 is 8.78 Å². The minimum absolute atomic E-state index is 0.00806. The van der Waals surface area contributed by atoms with Crippen molar-refractivity contribution >= 4 is 34.4 Å². The summed E-state index contributed by atoms with van der Waals surface area (Å²) < 4.78 is 42.7. The fourth-order valence-electron chi connectivity index (χ4n) is 5.38. The smallest absolute Gasteiger partial charge is 0.410 e. The van der Waals surface area contributed by atoms with E-state index in [0.29, 0.717) is 49.0 Å². The number of anilines is 1. The summed E-state index contributed by atoms with van der Waals surface area (Å²) in [7, 11) is 3.24. The molecule has 5 rings (SSSR count). The third kappa shape index (κ3) is 7.07. The highest BCUT2D eigenvalue weighted by Gasteiger charge is 2.33. The topological polar surface area (TPSA) is 96.8 Å². The number of rotatable bonds is 7. The van der Waals surface area contributed by atoms with E-state index < -0.39 is 23.3 Å². The van der Waals surface area contributed by atoms with Crippen LogP contribution in [0.3, 0.4) is 0 Å². The third-order valence-electron chi connectivity index (χ3n) is 7.35. The van der Waals surface area contributed by atoms with Gasteiger partial charge >= 0.3 is 6.09 Å². The number of aromatic nitrogens is 4. The molecule has 0 saturated carbocycles. The van der Waals surface area contributed by atoms with E-state index in [0.717, 1.165) is 0 Å². The Balaban J connectivity index is 1.58. The maximum Gasteiger partial charge on any atom is 0.410 e. The summed E-state index contributed by atoms with van der Waals surface area (Å²) in [5.74, 6) is 0.0760. The normalized spacial score (nSPS) is 15.6. The van der Waals surface area contributed by atoms with Crippen LogP contribution in [0.5, 0.6) is 5.75 Å². The predicted molar refractivity (Wildman–Crippen MR) is 168 cm³/mol. The second-order valence-corrected chi connectivity index (χ2v) is 12.4. The number of nitrogens with zero attached hydrogens (tertiary/aromatic N) is 7. The van der Waals surface area contributed by atoms with E-state index in [2.05, 4.69) is 15.0 Å². The maximum atomic E-state index is 16.6. The molecule has 1 amide bonds. The van der Waals surface area contributed by atoms with Gasteiger partial charge in [0.05, 0.1) is 30.8 Å². The zero-order chi connectivity index (χ0) is 32.5. The molecule has 238 valence electrons. The van der Waals surface area contributed by atoms with Crippen LogP contribution in [0, 0.1) is 11.6 Å². The lowest BCUT2D eigenvalue weighted by molar-refractivity contribution is 0.0158. The lowest BCUT2D eigenvalue weighted by Gasteiger charge is -2.41. The van der Waals surface area contributed by atoms with Gasteiger partial charge in [-0.25, -0.2) is 33.5 Å². The Hall–Kier alpha value is -4.16. The van der Waals surface area contributed by atoms with Crippen LogP contribution < -0.4 is 9.64 Å². The average molecular weight is 640 g/mol.